The minimum atomic E-state index is -0.570. The molecule has 4 aliphatic carbocycles. The monoisotopic (exact) mass is 430 g/mol. The lowest BCUT2D eigenvalue weighted by atomic mass is 9.49. The largest absolute Gasteiger partial charge is 0.456 e. The Hall–Kier alpha value is -2.15. The average Bonchev–Trinajstić information content (AvgIpc) is 3.01. The number of ketones is 1. The van der Waals surface area contributed by atoms with Gasteiger partial charge in [0.15, 0.2) is 6.61 Å². The fourth-order valence-electron chi connectivity index (χ4n) is 6.61. The van der Waals surface area contributed by atoms with E-state index in [1.807, 2.05) is 24.5 Å². The van der Waals surface area contributed by atoms with Crippen molar-refractivity contribution >= 4 is 17.7 Å². The molecule has 0 radical (unpaired) electrons. The van der Waals surface area contributed by atoms with E-state index in [9.17, 15) is 14.4 Å². The van der Waals surface area contributed by atoms with E-state index in [0.717, 1.165) is 30.7 Å². The maximum atomic E-state index is 12.9. The van der Waals surface area contributed by atoms with Crippen LogP contribution in [-0.4, -0.2) is 49.1 Å². The van der Waals surface area contributed by atoms with Gasteiger partial charge >= 0.3 is 5.97 Å². The Kier molecular flexibility index (Phi) is 6.24. The number of carbonyl (C=O) groups excluding carboxylic acids is 3. The number of hydrogen-bond donors (Lipinski definition) is 1. The van der Waals surface area contributed by atoms with Crippen molar-refractivity contribution in [2.75, 3.05) is 26.9 Å². The topological polar surface area (TPSA) is 86.6 Å². The Morgan fingerprint density at radius 3 is 2.29 bits per heavy atom. The Morgan fingerprint density at radius 2 is 1.71 bits per heavy atom. The van der Waals surface area contributed by atoms with Crippen molar-refractivity contribution in [3.05, 3.63) is 23.0 Å². The zero-order valence-corrected chi connectivity index (χ0v) is 18.9. The highest BCUT2D eigenvalue weighted by molar-refractivity contribution is 5.99. The van der Waals surface area contributed by atoms with Crippen molar-refractivity contribution in [2.45, 2.75) is 58.9 Å². The third-order valence-corrected chi connectivity index (χ3v) is 7.67. The van der Waals surface area contributed by atoms with E-state index < -0.39 is 5.97 Å². The SMILES string of the molecule is COCCn1c(C)cc(C(=O)COC(=O)CNC(=O)C23CC4CC(CC(C4)C2)C3)c1C. The van der Waals surface area contributed by atoms with Gasteiger partial charge in [0.25, 0.3) is 0 Å². The fraction of sp³-hybridized carbons (Fsp3) is 0.708. The van der Waals surface area contributed by atoms with Gasteiger partial charge in [-0.2, -0.15) is 0 Å². The predicted octanol–water partition coefficient (Wildman–Crippen LogP) is 2.81. The Bertz CT molecular complexity index is 836. The summed E-state index contributed by atoms with van der Waals surface area (Å²) in [5, 5.41) is 2.81. The molecule has 1 N–H and O–H groups in total. The number of aromatic nitrogens is 1. The molecule has 0 aromatic carbocycles. The van der Waals surface area contributed by atoms with Crippen molar-refractivity contribution in [3.63, 3.8) is 0 Å². The number of Topliss-reactive ketones (excluding diaryl/α,β-unsaturated/α-hetero) is 1. The van der Waals surface area contributed by atoms with Gasteiger partial charge in [0, 0.05) is 36.0 Å². The number of carbonyl (C=O) groups is 3. The molecule has 0 atom stereocenters. The van der Waals surface area contributed by atoms with Crippen molar-refractivity contribution in [2.24, 2.45) is 23.2 Å². The van der Waals surface area contributed by atoms with E-state index in [2.05, 4.69) is 5.32 Å². The Labute approximate surface area is 183 Å². The molecule has 4 aliphatic rings. The lowest BCUT2D eigenvalue weighted by Gasteiger charge is -2.55. The molecule has 4 fully saturated rings. The molecule has 0 unspecified atom stereocenters. The highest BCUT2D eigenvalue weighted by atomic mass is 16.5. The summed E-state index contributed by atoms with van der Waals surface area (Å²) in [5.74, 6) is 1.20. The summed E-state index contributed by atoms with van der Waals surface area (Å²) in [6.45, 7) is 4.54. The van der Waals surface area contributed by atoms with Gasteiger partial charge in [0.1, 0.15) is 6.54 Å². The molecule has 4 saturated carbocycles. The third-order valence-electron chi connectivity index (χ3n) is 7.67. The Morgan fingerprint density at radius 1 is 1.10 bits per heavy atom. The molecule has 5 rings (SSSR count). The van der Waals surface area contributed by atoms with Crippen LogP contribution in [0.4, 0.5) is 0 Å². The molecular weight excluding hydrogens is 396 g/mol. The predicted molar refractivity (Wildman–Crippen MR) is 115 cm³/mol. The van der Waals surface area contributed by atoms with Gasteiger partial charge in [0.2, 0.25) is 11.7 Å². The van der Waals surface area contributed by atoms with Gasteiger partial charge in [-0.15, -0.1) is 0 Å². The number of aryl methyl sites for hydroxylation is 1. The first kappa shape index (κ1) is 22.1. The molecule has 0 aliphatic heterocycles. The maximum Gasteiger partial charge on any atom is 0.325 e. The number of rotatable bonds is 9. The van der Waals surface area contributed by atoms with Crippen LogP contribution in [-0.2, 0) is 25.6 Å². The number of methoxy groups -OCH3 is 1. The number of hydrogen-bond acceptors (Lipinski definition) is 5. The molecule has 7 nitrogen and oxygen atoms in total. The van der Waals surface area contributed by atoms with Crippen LogP contribution >= 0.6 is 0 Å². The first-order valence-corrected chi connectivity index (χ1v) is 11.4. The highest BCUT2D eigenvalue weighted by Crippen LogP contribution is 2.60. The maximum absolute atomic E-state index is 12.9. The normalized spacial score (nSPS) is 28.5. The van der Waals surface area contributed by atoms with Crippen LogP contribution in [0.2, 0.25) is 0 Å². The van der Waals surface area contributed by atoms with Gasteiger partial charge in [0.05, 0.1) is 6.61 Å². The first-order chi connectivity index (χ1) is 14.8. The van der Waals surface area contributed by atoms with Gasteiger partial charge in [-0.1, -0.05) is 0 Å². The van der Waals surface area contributed by atoms with Crippen molar-refractivity contribution in [1.82, 2.24) is 9.88 Å². The van der Waals surface area contributed by atoms with E-state index in [0.29, 0.717) is 36.5 Å². The van der Waals surface area contributed by atoms with E-state index in [1.54, 1.807) is 7.11 Å². The Balaban J connectivity index is 1.26. The number of ether oxygens (including phenoxy) is 2. The molecule has 1 aromatic rings. The summed E-state index contributed by atoms with van der Waals surface area (Å²) < 4.78 is 12.3. The van der Waals surface area contributed by atoms with Crippen LogP contribution in [0.25, 0.3) is 0 Å². The number of nitrogens with one attached hydrogen (secondary N) is 1. The van der Waals surface area contributed by atoms with Crippen LogP contribution in [0, 0.1) is 37.0 Å². The van der Waals surface area contributed by atoms with Crippen LogP contribution in [0.3, 0.4) is 0 Å². The van der Waals surface area contributed by atoms with Gasteiger partial charge < -0.3 is 19.4 Å². The molecule has 31 heavy (non-hydrogen) atoms. The van der Waals surface area contributed by atoms with E-state index in [4.69, 9.17) is 9.47 Å². The lowest BCUT2D eigenvalue weighted by molar-refractivity contribution is -0.150. The molecule has 0 saturated heterocycles. The molecule has 4 bridgehead atoms. The fourth-order valence-corrected chi connectivity index (χ4v) is 6.61. The van der Waals surface area contributed by atoms with Gasteiger partial charge in [-0.05, 0) is 76.2 Å². The number of esters is 1. The summed E-state index contributed by atoms with van der Waals surface area (Å²) >= 11 is 0. The second-order valence-electron chi connectivity index (χ2n) is 9.89. The third kappa shape index (κ3) is 4.43. The number of nitrogens with zero attached hydrogens (tertiary/aromatic N) is 1. The molecular formula is C24H34N2O5. The summed E-state index contributed by atoms with van der Waals surface area (Å²) in [7, 11) is 1.64. The molecule has 0 spiro atoms. The smallest absolute Gasteiger partial charge is 0.325 e. The first-order valence-electron chi connectivity index (χ1n) is 11.4. The van der Waals surface area contributed by atoms with Crippen LogP contribution in [0.15, 0.2) is 6.07 Å². The van der Waals surface area contributed by atoms with Crippen LogP contribution in [0.5, 0.6) is 0 Å². The summed E-state index contributed by atoms with van der Waals surface area (Å²) in [6, 6.07) is 1.82. The summed E-state index contributed by atoms with van der Waals surface area (Å²) in [4.78, 5) is 37.7. The van der Waals surface area contributed by atoms with E-state index >= 15 is 0 Å². The van der Waals surface area contributed by atoms with Crippen molar-refractivity contribution in [3.8, 4) is 0 Å². The van der Waals surface area contributed by atoms with Crippen LogP contribution in [0.1, 0.15) is 60.3 Å². The molecule has 1 heterocycles. The minimum Gasteiger partial charge on any atom is -0.456 e. The quantitative estimate of drug-likeness (QED) is 0.481. The van der Waals surface area contributed by atoms with Crippen molar-refractivity contribution < 1.29 is 23.9 Å². The standard InChI is InChI=1S/C24H34N2O5/c1-15-6-20(16(2)26(15)4-5-30-3)21(27)14-31-22(28)13-25-23(29)24-10-17-7-18(11-24)9-19(8-17)12-24/h6,17-19H,4-5,7-14H2,1-3H3,(H,25,29). The summed E-state index contributed by atoms with van der Waals surface area (Å²) in [6.07, 6.45) is 6.67. The van der Waals surface area contributed by atoms with E-state index in [-0.39, 0.29) is 30.3 Å². The summed E-state index contributed by atoms with van der Waals surface area (Å²) in [5.41, 5.74) is 2.07. The van der Waals surface area contributed by atoms with Crippen molar-refractivity contribution in [1.29, 1.82) is 0 Å². The molecule has 7 heteroatoms. The second-order valence-corrected chi connectivity index (χ2v) is 9.89. The highest BCUT2D eigenvalue weighted by Gasteiger charge is 2.54. The van der Waals surface area contributed by atoms with Crippen LogP contribution < -0.4 is 5.32 Å². The lowest BCUT2D eigenvalue weighted by Crippen LogP contribution is -2.54. The zero-order chi connectivity index (χ0) is 22.2. The van der Waals surface area contributed by atoms with Gasteiger partial charge in [-0.25, -0.2) is 0 Å². The van der Waals surface area contributed by atoms with Gasteiger partial charge in [-0.3, -0.25) is 14.4 Å². The second kappa shape index (κ2) is 8.77. The molecule has 170 valence electrons. The average molecular weight is 431 g/mol. The number of amides is 1. The molecule has 1 amide bonds. The molecule has 1 aromatic heterocycles. The minimum absolute atomic E-state index is 0.00318. The zero-order valence-electron chi connectivity index (χ0n) is 18.9. The van der Waals surface area contributed by atoms with E-state index in [1.165, 1.54) is 19.3 Å².